The number of hydrogen-bond donors (Lipinski definition) is 3. The summed E-state index contributed by atoms with van der Waals surface area (Å²) in [6, 6.07) is 3.37. The molecule has 0 saturated carbocycles. The quantitative estimate of drug-likeness (QED) is 0.619. The summed E-state index contributed by atoms with van der Waals surface area (Å²) in [6.45, 7) is 4.98. The maximum atomic E-state index is 11.8. The largest absolute Gasteiger partial charge is 0.370 e. The lowest BCUT2D eigenvalue weighted by molar-refractivity contribution is 0.0956. The zero-order chi connectivity index (χ0) is 15.7. The number of anilines is 1. The van der Waals surface area contributed by atoms with Gasteiger partial charge in [0, 0.05) is 25.8 Å². The first-order chi connectivity index (χ1) is 9.98. The van der Waals surface area contributed by atoms with Crippen LogP contribution in [0.1, 0.15) is 30.6 Å². The highest BCUT2D eigenvalue weighted by Gasteiger charge is 2.10. The van der Waals surface area contributed by atoms with Gasteiger partial charge in [0.25, 0.3) is 5.91 Å². The maximum Gasteiger partial charge on any atom is 0.252 e. The Hall–Kier alpha value is -1.67. The van der Waals surface area contributed by atoms with Gasteiger partial charge in [0.15, 0.2) is 0 Å². The Labute approximate surface area is 125 Å². The first kappa shape index (κ1) is 17.4. The zero-order valence-corrected chi connectivity index (χ0v) is 13.2. The molecule has 0 spiro atoms. The summed E-state index contributed by atoms with van der Waals surface area (Å²) in [6.07, 6.45) is 2.45. The van der Waals surface area contributed by atoms with Crippen molar-refractivity contribution in [3.63, 3.8) is 0 Å². The van der Waals surface area contributed by atoms with E-state index in [9.17, 15) is 13.2 Å². The van der Waals surface area contributed by atoms with Crippen LogP contribution in [0, 0.1) is 0 Å². The third-order valence-electron chi connectivity index (χ3n) is 2.60. The lowest BCUT2D eigenvalue weighted by atomic mass is 10.2. The molecule has 0 bridgehead atoms. The average molecular weight is 314 g/mol. The molecule has 21 heavy (non-hydrogen) atoms. The van der Waals surface area contributed by atoms with Gasteiger partial charge in [-0.25, -0.2) is 18.1 Å². The summed E-state index contributed by atoms with van der Waals surface area (Å²) in [5.74, 6) is 0.232. The molecule has 0 atom stereocenters. The van der Waals surface area contributed by atoms with Crippen LogP contribution >= 0.6 is 0 Å². The van der Waals surface area contributed by atoms with Crippen molar-refractivity contribution in [2.45, 2.75) is 20.3 Å². The van der Waals surface area contributed by atoms with Crippen LogP contribution < -0.4 is 15.4 Å². The number of aromatic nitrogens is 1. The molecule has 0 aromatic carbocycles. The molecule has 1 aromatic heterocycles. The SMILES string of the molecule is CCCNc1ccc(C(=O)NCCS(=O)(=O)NCC)cn1. The van der Waals surface area contributed by atoms with Gasteiger partial charge in [-0.15, -0.1) is 0 Å². The van der Waals surface area contributed by atoms with Gasteiger partial charge in [-0.2, -0.15) is 0 Å². The Kier molecular flexibility index (Phi) is 7.10. The lowest BCUT2D eigenvalue weighted by Gasteiger charge is -2.07. The summed E-state index contributed by atoms with van der Waals surface area (Å²) in [7, 11) is -3.32. The first-order valence-electron chi connectivity index (χ1n) is 6.94. The second-order valence-corrected chi connectivity index (χ2v) is 6.36. The van der Waals surface area contributed by atoms with Crippen LogP contribution in [0.5, 0.6) is 0 Å². The topological polar surface area (TPSA) is 100 Å². The monoisotopic (exact) mass is 314 g/mol. The number of carbonyl (C=O) groups is 1. The summed E-state index contributed by atoms with van der Waals surface area (Å²) < 4.78 is 25.2. The molecule has 0 aliphatic heterocycles. The van der Waals surface area contributed by atoms with Crippen molar-refractivity contribution in [2.75, 3.05) is 30.7 Å². The highest BCUT2D eigenvalue weighted by molar-refractivity contribution is 7.89. The molecule has 1 amide bonds. The highest BCUT2D eigenvalue weighted by Crippen LogP contribution is 2.04. The Morgan fingerprint density at radius 3 is 2.57 bits per heavy atom. The predicted octanol–water partition coefficient (Wildman–Crippen LogP) is 0.573. The molecule has 118 valence electrons. The second kappa shape index (κ2) is 8.58. The van der Waals surface area contributed by atoms with Crippen molar-refractivity contribution in [3.05, 3.63) is 23.9 Å². The fourth-order valence-corrected chi connectivity index (χ4v) is 2.53. The van der Waals surface area contributed by atoms with Crippen LogP contribution in [0.15, 0.2) is 18.3 Å². The second-order valence-electron chi connectivity index (χ2n) is 4.43. The van der Waals surface area contributed by atoms with Crippen LogP contribution in [0.3, 0.4) is 0 Å². The van der Waals surface area contributed by atoms with Crippen LogP contribution in [-0.4, -0.2) is 44.7 Å². The van der Waals surface area contributed by atoms with E-state index in [0.717, 1.165) is 13.0 Å². The van der Waals surface area contributed by atoms with Crippen molar-refractivity contribution >= 4 is 21.7 Å². The lowest BCUT2D eigenvalue weighted by Crippen LogP contribution is -2.34. The standard InChI is InChI=1S/C13H22N4O3S/c1-3-7-14-12-6-5-11(10-16-12)13(18)15-8-9-21(19,20)17-4-2/h5-6,10,17H,3-4,7-9H2,1-2H3,(H,14,16)(H,15,18). The number of rotatable bonds is 9. The van der Waals surface area contributed by atoms with Crippen molar-refractivity contribution in [2.24, 2.45) is 0 Å². The van der Waals surface area contributed by atoms with E-state index >= 15 is 0 Å². The molecule has 1 aromatic rings. The first-order valence-corrected chi connectivity index (χ1v) is 8.59. The predicted molar refractivity (Wildman–Crippen MR) is 82.8 cm³/mol. The van der Waals surface area contributed by atoms with Crippen molar-refractivity contribution < 1.29 is 13.2 Å². The Morgan fingerprint density at radius 2 is 2.00 bits per heavy atom. The van der Waals surface area contributed by atoms with Gasteiger partial charge in [0.1, 0.15) is 5.82 Å². The fraction of sp³-hybridized carbons (Fsp3) is 0.538. The number of nitrogens with zero attached hydrogens (tertiary/aromatic N) is 1. The Morgan fingerprint density at radius 1 is 1.24 bits per heavy atom. The molecule has 3 N–H and O–H groups in total. The van der Waals surface area contributed by atoms with E-state index in [2.05, 4.69) is 27.3 Å². The van der Waals surface area contributed by atoms with Crippen LogP contribution in [0.4, 0.5) is 5.82 Å². The van der Waals surface area contributed by atoms with Gasteiger partial charge in [-0.3, -0.25) is 4.79 Å². The van der Waals surface area contributed by atoms with Crippen molar-refractivity contribution in [1.82, 2.24) is 15.0 Å². The van der Waals surface area contributed by atoms with Crippen LogP contribution in [-0.2, 0) is 10.0 Å². The van der Waals surface area contributed by atoms with E-state index in [-0.39, 0.29) is 18.2 Å². The van der Waals surface area contributed by atoms with E-state index in [1.165, 1.54) is 6.20 Å². The average Bonchev–Trinajstić information content (AvgIpc) is 2.45. The van der Waals surface area contributed by atoms with Gasteiger partial charge < -0.3 is 10.6 Å². The van der Waals surface area contributed by atoms with Gasteiger partial charge in [-0.05, 0) is 18.6 Å². The summed E-state index contributed by atoms with van der Waals surface area (Å²) in [5, 5.41) is 5.66. The van der Waals surface area contributed by atoms with E-state index < -0.39 is 10.0 Å². The molecule has 0 unspecified atom stereocenters. The molecule has 0 radical (unpaired) electrons. The molecule has 1 heterocycles. The zero-order valence-electron chi connectivity index (χ0n) is 12.3. The van der Waals surface area contributed by atoms with Gasteiger partial charge in [0.05, 0.1) is 11.3 Å². The smallest absolute Gasteiger partial charge is 0.252 e. The molecule has 1 rings (SSSR count). The third-order valence-corrected chi connectivity index (χ3v) is 4.07. The maximum absolute atomic E-state index is 11.8. The van der Waals surface area contributed by atoms with E-state index in [0.29, 0.717) is 17.9 Å². The van der Waals surface area contributed by atoms with Gasteiger partial charge in [-0.1, -0.05) is 13.8 Å². The van der Waals surface area contributed by atoms with Crippen molar-refractivity contribution in [1.29, 1.82) is 0 Å². The molecule has 0 fully saturated rings. The molecule has 0 aliphatic rings. The fourth-order valence-electron chi connectivity index (χ4n) is 1.58. The van der Waals surface area contributed by atoms with E-state index in [1.54, 1.807) is 19.1 Å². The molecule has 0 saturated heterocycles. The minimum atomic E-state index is -3.32. The molecule has 0 aliphatic carbocycles. The highest BCUT2D eigenvalue weighted by atomic mass is 32.2. The Bertz CT molecular complexity index is 543. The number of sulfonamides is 1. The summed E-state index contributed by atoms with van der Waals surface area (Å²) >= 11 is 0. The molecule has 8 heteroatoms. The number of hydrogen-bond acceptors (Lipinski definition) is 5. The van der Waals surface area contributed by atoms with Gasteiger partial charge in [0.2, 0.25) is 10.0 Å². The third kappa shape index (κ3) is 6.54. The minimum absolute atomic E-state index is 0.0595. The Balaban J connectivity index is 2.45. The minimum Gasteiger partial charge on any atom is -0.370 e. The van der Waals surface area contributed by atoms with E-state index in [1.807, 2.05) is 0 Å². The normalized spacial score (nSPS) is 11.1. The number of carbonyl (C=O) groups excluding carboxylic acids is 1. The van der Waals surface area contributed by atoms with Crippen LogP contribution in [0.25, 0.3) is 0 Å². The van der Waals surface area contributed by atoms with E-state index in [4.69, 9.17) is 0 Å². The summed E-state index contributed by atoms with van der Waals surface area (Å²) in [4.78, 5) is 15.9. The number of pyridine rings is 1. The van der Waals surface area contributed by atoms with Gasteiger partial charge >= 0.3 is 0 Å². The van der Waals surface area contributed by atoms with Crippen molar-refractivity contribution in [3.8, 4) is 0 Å². The van der Waals surface area contributed by atoms with Crippen LogP contribution in [0.2, 0.25) is 0 Å². The summed E-state index contributed by atoms with van der Waals surface area (Å²) in [5.41, 5.74) is 0.401. The number of amides is 1. The number of nitrogens with one attached hydrogen (secondary N) is 3. The molecular weight excluding hydrogens is 292 g/mol. The molecule has 7 nitrogen and oxygen atoms in total. The molecular formula is C13H22N4O3S.